The predicted octanol–water partition coefficient (Wildman–Crippen LogP) is 3.18. The fourth-order valence-electron chi connectivity index (χ4n) is 2.26. The fourth-order valence-corrected chi connectivity index (χ4v) is 3.10. The summed E-state index contributed by atoms with van der Waals surface area (Å²) in [6.45, 7) is 3.79. The molecule has 1 aromatic carbocycles. The van der Waals surface area contributed by atoms with Crippen molar-refractivity contribution < 1.29 is 28.6 Å². The SMILES string of the molecule is CCOC(=O)C(Cc1cnc(NC(=O)OCc2ccccc2)s1)C(=O)OCC. The highest BCUT2D eigenvalue weighted by Gasteiger charge is 2.30. The van der Waals surface area contributed by atoms with E-state index in [1.54, 1.807) is 13.8 Å². The molecule has 1 amide bonds. The van der Waals surface area contributed by atoms with Gasteiger partial charge >= 0.3 is 18.0 Å². The minimum atomic E-state index is -1.07. The van der Waals surface area contributed by atoms with Crippen LogP contribution in [0.15, 0.2) is 36.5 Å². The molecule has 0 aliphatic heterocycles. The van der Waals surface area contributed by atoms with Gasteiger partial charge in [-0.15, -0.1) is 11.3 Å². The zero-order chi connectivity index (χ0) is 20.4. The summed E-state index contributed by atoms with van der Waals surface area (Å²) in [5.41, 5.74) is 0.865. The number of hydrogen-bond acceptors (Lipinski definition) is 8. The van der Waals surface area contributed by atoms with Crippen molar-refractivity contribution in [2.75, 3.05) is 18.5 Å². The van der Waals surface area contributed by atoms with Crippen molar-refractivity contribution in [3.8, 4) is 0 Å². The normalized spacial score (nSPS) is 10.4. The number of esters is 2. The van der Waals surface area contributed by atoms with Gasteiger partial charge in [0.2, 0.25) is 0 Å². The van der Waals surface area contributed by atoms with E-state index in [-0.39, 0.29) is 26.2 Å². The predicted molar refractivity (Wildman–Crippen MR) is 103 cm³/mol. The number of amides is 1. The average molecular weight is 406 g/mol. The number of carbonyl (C=O) groups is 3. The van der Waals surface area contributed by atoms with Gasteiger partial charge in [-0.3, -0.25) is 14.9 Å². The minimum Gasteiger partial charge on any atom is -0.465 e. The third-order valence-electron chi connectivity index (χ3n) is 3.52. The molecular formula is C19H22N2O6S. The summed E-state index contributed by atoms with van der Waals surface area (Å²) < 4.78 is 15.0. The van der Waals surface area contributed by atoms with Gasteiger partial charge in [0, 0.05) is 17.5 Å². The monoisotopic (exact) mass is 406 g/mol. The van der Waals surface area contributed by atoms with Gasteiger partial charge < -0.3 is 14.2 Å². The minimum absolute atomic E-state index is 0.0794. The molecule has 8 nitrogen and oxygen atoms in total. The van der Waals surface area contributed by atoms with Crippen LogP contribution in [-0.4, -0.2) is 36.2 Å². The van der Waals surface area contributed by atoms with E-state index in [1.165, 1.54) is 6.20 Å². The van der Waals surface area contributed by atoms with Gasteiger partial charge in [-0.05, 0) is 19.4 Å². The Labute approximate surface area is 166 Å². The highest BCUT2D eigenvalue weighted by Crippen LogP contribution is 2.23. The number of nitrogens with zero attached hydrogens (tertiary/aromatic N) is 1. The smallest absolute Gasteiger partial charge is 0.413 e. The molecule has 2 rings (SSSR count). The third kappa shape index (κ3) is 6.66. The standard InChI is InChI=1S/C19H22N2O6S/c1-3-25-16(22)15(17(23)26-4-2)10-14-11-20-18(28-14)21-19(24)27-12-13-8-6-5-7-9-13/h5-9,11,15H,3-4,10,12H2,1-2H3,(H,20,21,24). The van der Waals surface area contributed by atoms with E-state index in [0.29, 0.717) is 10.0 Å². The molecule has 0 atom stereocenters. The van der Waals surface area contributed by atoms with Gasteiger partial charge in [0.15, 0.2) is 11.0 Å². The van der Waals surface area contributed by atoms with Gasteiger partial charge in [-0.1, -0.05) is 30.3 Å². The molecule has 2 aromatic rings. The Morgan fingerprint density at radius 1 is 1.04 bits per heavy atom. The lowest BCUT2D eigenvalue weighted by Crippen LogP contribution is -2.29. The first kappa shape index (κ1) is 21.4. The number of thiazole rings is 1. The molecule has 1 heterocycles. The molecule has 0 spiro atoms. The van der Waals surface area contributed by atoms with Crippen LogP contribution in [0.5, 0.6) is 0 Å². The Kier molecular flexibility index (Phi) is 8.41. The zero-order valence-electron chi connectivity index (χ0n) is 15.7. The number of nitrogens with one attached hydrogen (secondary N) is 1. The number of ether oxygens (including phenoxy) is 3. The Hall–Kier alpha value is -2.94. The first-order valence-corrected chi connectivity index (χ1v) is 9.60. The maximum Gasteiger partial charge on any atom is 0.413 e. The summed E-state index contributed by atoms with van der Waals surface area (Å²) in [5.74, 6) is -2.37. The fraction of sp³-hybridized carbons (Fsp3) is 0.368. The van der Waals surface area contributed by atoms with E-state index >= 15 is 0 Å². The van der Waals surface area contributed by atoms with Crippen LogP contribution in [-0.2, 0) is 36.8 Å². The second kappa shape index (κ2) is 11.0. The molecular weight excluding hydrogens is 384 g/mol. The maximum atomic E-state index is 12.0. The molecule has 0 fully saturated rings. The molecule has 0 saturated heterocycles. The summed E-state index contributed by atoms with van der Waals surface area (Å²) >= 11 is 1.14. The summed E-state index contributed by atoms with van der Waals surface area (Å²) in [4.78, 5) is 40.7. The Morgan fingerprint density at radius 3 is 2.29 bits per heavy atom. The van der Waals surface area contributed by atoms with Crippen molar-refractivity contribution in [3.63, 3.8) is 0 Å². The molecule has 0 aliphatic rings. The van der Waals surface area contributed by atoms with Crippen molar-refractivity contribution in [3.05, 3.63) is 47.0 Å². The Balaban J connectivity index is 1.92. The van der Waals surface area contributed by atoms with Crippen LogP contribution in [0.25, 0.3) is 0 Å². The van der Waals surface area contributed by atoms with Crippen LogP contribution in [0.2, 0.25) is 0 Å². The summed E-state index contributed by atoms with van der Waals surface area (Å²) in [7, 11) is 0. The molecule has 28 heavy (non-hydrogen) atoms. The third-order valence-corrected chi connectivity index (χ3v) is 4.46. The number of rotatable bonds is 9. The Bertz CT molecular complexity index is 775. The lowest BCUT2D eigenvalue weighted by molar-refractivity contribution is -0.161. The average Bonchev–Trinajstić information content (AvgIpc) is 3.12. The molecule has 150 valence electrons. The van der Waals surface area contributed by atoms with E-state index in [2.05, 4.69) is 10.3 Å². The van der Waals surface area contributed by atoms with Crippen molar-refractivity contribution >= 4 is 34.5 Å². The quantitative estimate of drug-likeness (QED) is 0.387. The van der Waals surface area contributed by atoms with Gasteiger partial charge in [0.1, 0.15) is 6.61 Å². The highest BCUT2D eigenvalue weighted by molar-refractivity contribution is 7.15. The first-order valence-electron chi connectivity index (χ1n) is 8.79. The molecule has 1 aromatic heterocycles. The van der Waals surface area contributed by atoms with E-state index in [9.17, 15) is 14.4 Å². The number of hydrogen-bond donors (Lipinski definition) is 1. The van der Waals surface area contributed by atoms with E-state index in [4.69, 9.17) is 14.2 Å². The van der Waals surface area contributed by atoms with Gasteiger partial charge in [-0.25, -0.2) is 9.78 Å². The summed E-state index contributed by atoms with van der Waals surface area (Å²) in [6.07, 6.45) is 0.927. The second-order valence-corrected chi connectivity index (χ2v) is 6.69. The van der Waals surface area contributed by atoms with Crippen molar-refractivity contribution in [2.24, 2.45) is 5.92 Å². The van der Waals surface area contributed by atoms with Crippen LogP contribution in [0.1, 0.15) is 24.3 Å². The van der Waals surface area contributed by atoms with E-state index < -0.39 is 23.9 Å². The Morgan fingerprint density at radius 2 is 1.68 bits per heavy atom. The van der Waals surface area contributed by atoms with Crippen LogP contribution in [0, 0.1) is 5.92 Å². The molecule has 0 aliphatic carbocycles. The van der Waals surface area contributed by atoms with Gasteiger partial charge in [0.05, 0.1) is 13.2 Å². The summed E-state index contributed by atoms with van der Waals surface area (Å²) in [6, 6.07) is 9.28. The number of carbonyl (C=O) groups excluding carboxylic acids is 3. The topological polar surface area (TPSA) is 104 Å². The van der Waals surface area contributed by atoms with Crippen LogP contribution >= 0.6 is 11.3 Å². The highest BCUT2D eigenvalue weighted by atomic mass is 32.1. The van der Waals surface area contributed by atoms with Gasteiger partial charge in [-0.2, -0.15) is 0 Å². The van der Waals surface area contributed by atoms with Gasteiger partial charge in [0.25, 0.3) is 0 Å². The second-order valence-electron chi connectivity index (χ2n) is 5.58. The zero-order valence-corrected chi connectivity index (χ0v) is 16.5. The molecule has 0 unspecified atom stereocenters. The first-order chi connectivity index (χ1) is 13.5. The molecule has 0 saturated carbocycles. The maximum absolute atomic E-state index is 12.0. The summed E-state index contributed by atoms with van der Waals surface area (Å²) in [5, 5.41) is 2.83. The van der Waals surface area contributed by atoms with Crippen molar-refractivity contribution in [1.29, 1.82) is 0 Å². The van der Waals surface area contributed by atoms with E-state index in [0.717, 1.165) is 16.9 Å². The van der Waals surface area contributed by atoms with Crippen LogP contribution in [0.3, 0.4) is 0 Å². The van der Waals surface area contributed by atoms with Crippen LogP contribution in [0.4, 0.5) is 9.93 Å². The number of benzene rings is 1. The van der Waals surface area contributed by atoms with Crippen molar-refractivity contribution in [2.45, 2.75) is 26.9 Å². The number of anilines is 1. The molecule has 0 bridgehead atoms. The molecule has 9 heteroatoms. The largest absolute Gasteiger partial charge is 0.465 e. The van der Waals surface area contributed by atoms with Crippen LogP contribution < -0.4 is 5.32 Å². The van der Waals surface area contributed by atoms with E-state index in [1.807, 2.05) is 30.3 Å². The number of aromatic nitrogens is 1. The molecule has 0 radical (unpaired) electrons. The lowest BCUT2D eigenvalue weighted by Gasteiger charge is -2.13. The lowest BCUT2D eigenvalue weighted by atomic mass is 10.1. The molecule has 1 N–H and O–H groups in total. The van der Waals surface area contributed by atoms with Crippen molar-refractivity contribution in [1.82, 2.24) is 4.98 Å².